The molecule has 1 amide bonds. The van der Waals surface area contributed by atoms with Crippen molar-refractivity contribution in [1.82, 2.24) is 9.47 Å². The summed E-state index contributed by atoms with van der Waals surface area (Å²) in [6, 6.07) is 12.8. The first-order chi connectivity index (χ1) is 9.58. The Kier molecular flexibility index (Phi) is 4.35. The predicted molar refractivity (Wildman–Crippen MR) is 78.4 cm³/mol. The van der Waals surface area contributed by atoms with E-state index in [0.717, 1.165) is 11.1 Å². The molecular formula is C16H18N2O2. The number of hydrogen-bond acceptors (Lipinski definition) is 2. The second kappa shape index (κ2) is 6.19. The molecule has 4 nitrogen and oxygen atoms in total. The van der Waals surface area contributed by atoms with Gasteiger partial charge in [0, 0.05) is 25.9 Å². The van der Waals surface area contributed by atoms with E-state index in [0.29, 0.717) is 6.54 Å². The van der Waals surface area contributed by atoms with Crippen LogP contribution in [0.4, 0.5) is 0 Å². The van der Waals surface area contributed by atoms with Crippen molar-refractivity contribution in [1.29, 1.82) is 0 Å². The van der Waals surface area contributed by atoms with Gasteiger partial charge in [0.1, 0.15) is 6.54 Å². The van der Waals surface area contributed by atoms with Gasteiger partial charge in [0.2, 0.25) is 5.91 Å². The van der Waals surface area contributed by atoms with Crippen molar-refractivity contribution in [3.05, 3.63) is 70.1 Å². The molecule has 2 aromatic rings. The number of hydrogen-bond donors (Lipinski definition) is 0. The summed E-state index contributed by atoms with van der Waals surface area (Å²) in [6.45, 7) is 2.64. The highest BCUT2D eigenvalue weighted by Gasteiger charge is 2.11. The third-order valence-corrected chi connectivity index (χ3v) is 3.30. The van der Waals surface area contributed by atoms with E-state index in [1.165, 1.54) is 10.6 Å². The van der Waals surface area contributed by atoms with Gasteiger partial charge in [0.25, 0.3) is 5.56 Å². The maximum absolute atomic E-state index is 12.1. The number of pyridine rings is 1. The first kappa shape index (κ1) is 14.1. The molecule has 0 aliphatic carbocycles. The zero-order valence-corrected chi connectivity index (χ0v) is 11.7. The molecule has 1 aromatic heterocycles. The van der Waals surface area contributed by atoms with Crippen LogP contribution < -0.4 is 5.56 Å². The summed E-state index contributed by atoms with van der Waals surface area (Å²) in [6.07, 6.45) is 1.63. The third kappa shape index (κ3) is 3.35. The van der Waals surface area contributed by atoms with E-state index in [1.54, 1.807) is 30.3 Å². The number of benzene rings is 1. The summed E-state index contributed by atoms with van der Waals surface area (Å²) < 4.78 is 1.41. The fourth-order valence-corrected chi connectivity index (χ4v) is 1.99. The second-order valence-electron chi connectivity index (χ2n) is 4.84. The zero-order chi connectivity index (χ0) is 14.5. The van der Waals surface area contributed by atoms with Crippen molar-refractivity contribution in [2.75, 3.05) is 7.05 Å². The maximum Gasteiger partial charge on any atom is 0.250 e. The van der Waals surface area contributed by atoms with Crippen LogP contribution in [0, 0.1) is 6.92 Å². The quantitative estimate of drug-likeness (QED) is 0.850. The number of likely N-dealkylation sites (N-methyl/N-ethyl adjacent to an activating group) is 1. The minimum absolute atomic E-state index is 0.0715. The summed E-state index contributed by atoms with van der Waals surface area (Å²) in [4.78, 5) is 25.4. The predicted octanol–water partition coefficient (Wildman–Crippen LogP) is 1.82. The standard InChI is InChI=1S/C16H18N2O2/c1-13-7-3-4-8-14(13)11-17(2)16(20)12-18-10-6-5-9-15(18)19/h3-10H,11-12H2,1-2H3. The largest absolute Gasteiger partial charge is 0.340 e. The molecule has 2 rings (SSSR count). The second-order valence-corrected chi connectivity index (χ2v) is 4.84. The van der Waals surface area contributed by atoms with E-state index in [9.17, 15) is 9.59 Å². The molecular weight excluding hydrogens is 252 g/mol. The minimum atomic E-state index is -0.162. The van der Waals surface area contributed by atoms with Crippen LogP contribution >= 0.6 is 0 Å². The van der Waals surface area contributed by atoms with Gasteiger partial charge in [-0.1, -0.05) is 30.3 Å². The molecule has 0 atom stereocenters. The fourth-order valence-electron chi connectivity index (χ4n) is 1.99. The fraction of sp³-hybridized carbons (Fsp3) is 0.250. The lowest BCUT2D eigenvalue weighted by Crippen LogP contribution is -2.33. The van der Waals surface area contributed by atoms with E-state index in [4.69, 9.17) is 0 Å². The van der Waals surface area contributed by atoms with Gasteiger partial charge >= 0.3 is 0 Å². The van der Waals surface area contributed by atoms with Gasteiger partial charge < -0.3 is 9.47 Å². The van der Waals surface area contributed by atoms with E-state index in [2.05, 4.69) is 0 Å². The van der Waals surface area contributed by atoms with Crippen molar-refractivity contribution in [3.8, 4) is 0 Å². The van der Waals surface area contributed by atoms with E-state index >= 15 is 0 Å². The van der Waals surface area contributed by atoms with Gasteiger partial charge in [-0.3, -0.25) is 9.59 Å². The molecule has 0 spiro atoms. The molecule has 0 bridgehead atoms. The molecule has 1 aromatic carbocycles. The number of amides is 1. The topological polar surface area (TPSA) is 42.3 Å². The van der Waals surface area contributed by atoms with Crippen LogP contribution in [0.3, 0.4) is 0 Å². The smallest absolute Gasteiger partial charge is 0.250 e. The average Bonchev–Trinajstić information content (AvgIpc) is 2.43. The van der Waals surface area contributed by atoms with Crippen molar-refractivity contribution in [2.24, 2.45) is 0 Å². The normalized spacial score (nSPS) is 10.3. The number of aryl methyl sites for hydroxylation is 1. The monoisotopic (exact) mass is 270 g/mol. The first-order valence-electron chi connectivity index (χ1n) is 6.52. The molecule has 20 heavy (non-hydrogen) atoms. The maximum atomic E-state index is 12.1. The number of carbonyl (C=O) groups excluding carboxylic acids is 1. The summed E-state index contributed by atoms with van der Waals surface area (Å²) in [5.41, 5.74) is 2.11. The van der Waals surface area contributed by atoms with Crippen molar-refractivity contribution in [3.63, 3.8) is 0 Å². The van der Waals surface area contributed by atoms with Crippen molar-refractivity contribution in [2.45, 2.75) is 20.0 Å². The molecule has 0 N–H and O–H groups in total. The van der Waals surface area contributed by atoms with Gasteiger partial charge in [-0.15, -0.1) is 0 Å². The van der Waals surface area contributed by atoms with Gasteiger partial charge in [-0.25, -0.2) is 0 Å². The van der Waals surface area contributed by atoms with Gasteiger partial charge in [0.15, 0.2) is 0 Å². The molecule has 104 valence electrons. The molecule has 0 saturated carbocycles. The molecule has 0 fully saturated rings. The van der Waals surface area contributed by atoms with Gasteiger partial charge in [-0.2, -0.15) is 0 Å². The van der Waals surface area contributed by atoms with Gasteiger partial charge in [-0.05, 0) is 24.1 Å². The van der Waals surface area contributed by atoms with Crippen LogP contribution in [0.25, 0.3) is 0 Å². The van der Waals surface area contributed by atoms with Gasteiger partial charge in [0.05, 0.1) is 0 Å². The molecule has 4 heteroatoms. The molecule has 1 heterocycles. The van der Waals surface area contributed by atoms with Crippen LogP contribution in [-0.4, -0.2) is 22.4 Å². The lowest BCUT2D eigenvalue weighted by Gasteiger charge is -2.19. The van der Waals surface area contributed by atoms with Crippen LogP contribution in [-0.2, 0) is 17.9 Å². The Bertz CT molecular complexity index is 661. The summed E-state index contributed by atoms with van der Waals surface area (Å²) in [5.74, 6) is -0.0819. The Morgan fingerprint density at radius 2 is 1.85 bits per heavy atom. The third-order valence-electron chi connectivity index (χ3n) is 3.30. The highest BCUT2D eigenvalue weighted by molar-refractivity contribution is 5.75. The Hall–Kier alpha value is -2.36. The Balaban J connectivity index is 2.05. The van der Waals surface area contributed by atoms with Crippen LogP contribution in [0.2, 0.25) is 0 Å². The Morgan fingerprint density at radius 1 is 1.15 bits per heavy atom. The van der Waals surface area contributed by atoms with Crippen LogP contribution in [0.5, 0.6) is 0 Å². The molecule has 0 radical (unpaired) electrons. The number of aromatic nitrogens is 1. The van der Waals surface area contributed by atoms with E-state index in [1.807, 2.05) is 31.2 Å². The van der Waals surface area contributed by atoms with Crippen molar-refractivity contribution >= 4 is 5.91 Å². The average molecular weight is 270 g/mol. The Labute approximate surface area is 118 Å². The SMILES string of the molecule is Cc1ccccc1CN(C)C(=O)Cn1ccccc1=O. The van der Waals surface area contributed by atoms with Crippen molar-refractivity contribution < 1.29 is 4.79 Å². The lowest BCUT2D eigenvalue weighted by molar-refractivity contribution is -0.131. The number of nitrogens with zero attached hydrogens (tertiary/aromatic N) is 2. The highest BCUT2D eigenvalue weighted by Crippen LogP contribution is 2.09. The summed E-state index contributed by atoms with van der Waals surface area (Å²) in [5, 5.41) is 0. The van der Waals surface area contributed by atoms with Crippen LogP contribution in [0.1, 0.15) is 11.1 Å². The highest BCUT2D eigenvalue weighted by atomic mass is 16.2. The Morgan fingerprint density at radius 3 is 2.55 bits per heavy atom. The van der Waals surface area contributed by atoms with E-state index < -0.39 is 0 Å². The molecule has 0 saturated heterocycles. The lowest BCUT2D eigenvalue weighted by atomic mass is 10.1. The number of carbonyl (C=O) groups is 1. The molecule has 0 aliphatic heterocycles. The summed E-state index contributed by atoms with van der Waals surface area (Å²) >= 11 is 0. The number of rotatable bonds is 4. The van der Waals surface area contributed by atoms with E-state index in [-0.39, 0.29) is 18.0 Å². The first-order valence-corrected chi connectivity index (χ1v) is 6.52. The zero-order valence-electron chi connectivity index (χ0n) is 11.7. The molecule has 0 aliphatic rings. The molecule has 0 unspecified atom stereocenters. The minimum Gasteiger partial charge on any atom is -0.340 e. The summed E-state index contributed by atoms with van der Waals surface area (Å²) in [7, 11) is 1.75. The van der Waals surface area contributed by atoms with Crippen LogP contribution in [0.15, 0.2) is 53.5 Å².